The van der Waals surface area contributed by atoms with Crippen molar-refractivity contribution in [1.29, 1.82) is 0 Å². The second-order valence-electron chi connectivity index (χ2n) is 4.78. The van der Waals surface area contributed by atoms with E-state index in [4.69, 9.17) is 0 Å². The van der Waals surface area contributed by atoms with Crippen molar-refractivity contribution in [3.8, 4) is 0 Å². The molecule has 2 heteroatoms. The molecule has 0 fully saturated rings. The fourth-order valence-corrected chi connectivity index (χ4v) is 1.27. The van der Waals surface area contributed by atoms with Gasteiger partial charge in [0.25, 0.3) is 0 Å². The van der Waals surface area contributed by atoms with E-state index in [2.05, 4.69) is 20.8 Å². The Kier molecular flexibility index (Phi) is 2.68. The molecule has 0 radical (unpaired) electrons. The Bertz CT molecular complexity index is 289. The Morgan fingerprint density at radius 1 is 1.07 bits per heavy atom. The molecule has 0 heterocycles. The third-order valence-electron chi connectivity index (χ3n) is 2.26. The first-order valence-electron chi connectivity index (χ1n) is 4.73. The van der Waals surface area contributed by atoms with Crippen LogP contribution in [0.3, 0.4) is 0 Å². The second-order valence-corrected chi connectivity index (χ2v) is 4.78. The zero-order chi connectivity index (χ0) is 11.0. The van der Waals surface area contributed by atoms with E-state index in [1.807, 2.05) is 6.07 Å². The highest BCUT2D eigenvalue weighted by atomic mass is 19.2. The van der Waals surface area contributed by atoms with Crippen LogP contribution in [-0.4, -0.2) is 5.11 Å². The molecule has 0 bridgehead atoms. The molecule has 1 unspecified atom stereocenters. The van der Waals surface area contributed by atoms with Gasteiger partial charge in [-0.1, -0.05) is 39.0 Å². The number of halogens is 1. The van der Waals surface area contributed by atoms with Crippen LogP contribution in [0, 0.1) is 0 Å². The van der Waals surface area contributed by atoms with Crippen molar-refractivity contribution in [2.24, 2.45) is 0 Å². The van der Waals surface area contributed by atoms with Crippen molar-refractivity contribution in [2.75, 3.05) is 0 Å². The average molecular weight is 196 g/mol. The van der Waals surface area contributed by atoms with E-state index in [0.717, 1.165) is 12.5 Å². The summed E-state index contributed by atoms with van der Waals surface area (Å²) in [7, 11) is 0. The lowest BCUT2D eigenvalue weighted by atomic mass is 9.85. The third kappa shape index (κ3) is 2.55. The highest BCUT2D eigenvalue weighted by Crippen LogP contribution is 2.28. The van der Waals surface area contributed by atoms with Gasteiger partial charge < -0.3 is 5.11 Å². The zero-order valence-corrected chi connectivity index (χ0v) is 9.13. The summed E-state index contributed by atoms with van der Waals surface area (Å²) in [4.78, 5) is 0. The van der Waals surface area contributed by atoms with Crippen LogP contribution < -0.4 is 0 Å². The minimum atomic E-state index is -2.25. The lowest BCUT2D eigenvalue weighted by Crippen LogP contribution is -2.16. The molecule has 0 aliphatic heterocycles. The maximum absolute atomic E-state index is 13.2. The topological polar surface area (TPSA) is 20.2 Å². The average Bonchev–Trinajstić information content (AvgIpc) is 2.01. The van der Waals surface area contributed by atoms with Gasteiger partial charge >= 0.3 is 0 Å². The highest BCUT2D eigenvalue weighted by Gasteiger charge is 2.23. The van der Waals surface area contributed by atoms with E-state index in [1.165, 1.54) is 0 Å². The summed E-state index contributed by atoms with van der Waals surface area (Å²) in [5.41, 5.74) is 1.30. The maximum atomic E-state index is 13.2. The SMILES string of the molecule is CC(C)(C)c1cccc(C(C)(O)F)c1. The molecule has 0 aliphatic carbocycles. The smallest absolute Gasteiger partial charge is 0.230 e. The number of benzene rings is 1. The molecular weight excluding hydrogens is 179 g/mol. The van der Waals surface area contributed by atoms with E-state index in [-0.39, 0.29) is 5.41 Å². The van der Waals surface area contributed by atoms with Crippen LogP contribution in [0.1, 0.15) is 38.8 Å². The molecule has 1 N–H and O–H groups in total. The van der Waals surface area contributed by atoms with E-state index in [9.17, 15) is 9.50 Å². The Morgan fingerprint density at radius 3 is 2.00 bits per heavy atom. The molecule has 1 aromatic rings. The molecule has 0 spiro atoms. The number of hydrogen-bond acceptors (Lipinski definition) is 1. The van der Waals surface area contributed by atoms with Gasteiger partial charge in [-0.25, -0.2) is 4.39 Å². The number of rotatable bonds is 1. The largest absolute Gasteiger partial charge is 0.358 e. The predicted octanol–water partition coefficient (Wildman–Crippen LogP) is 3.12. The first kappa shape index (κ1) is 11.2. The number of aliphatic hydroxyl groups is 1. The molecule has 78 valence electrons. The Labute approximate surface area is 84.6 Å². The van der Waals surface area contributed by atoms with Gasteiger partial charge in [-0.05, 0) is 24.0 Å². The van der Waals surface area contributed by atoms with E-state index in [1.54, 1.807) is 18.2 Å². The molecular formula is C12H17FO. The van der Waals surface area contributed by atoms with Gasteiger partial charge in [0.15, 0.2) is 0 Å². The predicted molar refractivity (Wildman–Crippen MR) is 55.8 cm³/mol. The Balaban J connectivity index is 3.15. The highest BCUT2D eigenvalue weighted by molar-refractivity contribution is 5.30. The summed E-state index contributed by atoms with van der Waals surface area (Å²) in [6.45, 7) is 7.31. The Morgan fingerprint density at radius 2 is 1.57 bits per heavy atom. The molecule has 1 atom stereocenters. The van der Waals surface area contributed by atoms with Gasteiger partial charge in [0.1, 0.15) is 0 Å². The van der Waals surface area contributed by atoms with Crippen LogP contribution in [-0.2, 0) is 11.3 Å². The summed E-state index contributed by atoms with van der Waals surface area (Å²) in [6, 6.07) is 7.01. The quantitative estimate of drug-likeness (QED) is 0.731. The summed E-state index contributed by atoms with van der Waals surface area (Å²) in [5, 5.41) is 9.21. The maximum Gasteiger partial charge on any atom is 0.230 e. The van der Waals surface area contributed by atoms with Gasteiger partial charge in [0.2, 0.25) is 5.85 Å². The molecule has 14 heavy (non-hydrogen) atoms. The van der Waals surface area contributed by atoms with Gasteiger partial charge in [-0.15, -0.1) is 0 Å². The van der Waals surface area contributed by atoms with Crippen molar-refractivity contribution in [2.45, 2.75) is 39.0 Å². The first-order valence-corrected chi connectivity index (χ1v) is 4.73. The van der Waals surface area contributed by atoms with Crippen LogP contribution in [0.25, 0.3) is 0 Å². The Hall–Kier alpha value is -0.890. The van der Waals surface area contributed by atoms with Crippen molar-refractivity contribution in [3.63, 3.8) is 0 Å². The molecule has 0 aliphatic rings. The monoisotopic (exact) mass is 196 g/mol. The molecule has 1 aromatic carbocycles. The fourth-order valence-electron chi connectivity index (χ4n) is 1.27. The summed E-state index contributed by atoms with van der Waals surface area (Å²) < 4.78 is 13.2. The van der Waals surface area contributed by atoms with Crippen LogP contribution in [0.2, 0.25) is 0 Å². The lowest BCUT2D eigenvalue weighted by molar-refractivity contribution is -0.0769. The summed E-state index contributed by atoms with van der Waals surface area (Å²) in [6.07, 6.45) is 0. The molecule has 0 aromatic heterocycles. The molecule has 0 saturated heterocycles. The number of hydrogen-bond donors (Lipinski definition) is 1. The van der Waals surface area contributed by atoms with Crippen molar-refractivity contribution < 1.29 is 9.50 Å². The van der Waals surface area contributed by atoms with Crippen LogP contribution in [0.4, 0.5) is 4.39 Å². The summed E-state index contributed by atoms with van der Waals surface area (Å²) >= 11 is 0. The van der Waals surface area contributed by atoms with Crippen molar-refractivity contribution >= 4 is 0 Å². The third-order valence-corrected chi connectivity index (χ3v) is 2.26. The minimum Gasteiger partial charge on any atom is -0.358 e. The van der Waals surface area contributed by atoms with Gasteiger partial charge in [-0.2, -0.15) is 0 Å². The normalized spacial score (nSPS) is 16.4. The second kappa shape index (κ2) is 3.35. The van der Waals surface area contributed by atoms with Crippen LogP contribution in [0.15, 0.2) is 24.3 Å². The van der Waals surface area contributed by atoms with Gasteiger partial charge in [0, 0.05) is 5.56 Å². The lowest BCUT2D eigenvalue weighted by Gasteiger charge is -2.21. The fraction of sp³-hybridized carbons (Fsp3) is 0.500. The van der Waals surface area contributed by atoms with Gasteiger partial charge in [-0.3, -0.25) is 0 Å². The standard InChI is InChI=1S/C12H17FO/c1-11(2,3)9-6-5-7-10(8-9)12(4,13)14/h5-8,14H,1-4H3. The first-order chi connectivity index (χ1) is 6.21. The van der Waals surface area contributed by atoms with Crippen LogP contribution in [0.5, 0.6) is 0 Å². The van der Waals surface area contributed by atoms with E-state index in [0.29, 0.717) is 5.56 Å². The zero-order valence-electron chi connectivity index (χ0n) is 9.13. The van der Waals surface area contributed by atoms with Gasteiger partial charge in [0.05, 0.1) is 0 Å². The van der Waals surface area contributed by atoms with Crippen LogP contribution >= 0.6 is 0 Å². The summed E-state index contributed by atoms with van der Waals surface area (Å²) in [5.74, 6) is -2.25. The minimum absolute atomic E-state index is 0.0265. The molecule has 0 amide bonds. The number of alkyl halides is 1. The molecule has 0 saturated carbocycles. The van der Waals surface area contributed by atoms with E-state index < -0.39 is 5.85 Å². The van der Waals surface area contributed by atoms with Crippen molar-refractivity contribution in [3.05, 3.63) is 35.4 Å². The molecule has 1 nitrogen and oxygen atoms in total. The molecule has 1 rings (SSSR count). The van der Waals surface area contributed by atoms with E-state index >= 15 is 0 Å². The van der Waals surface area contributed by atoms with Crippen molar-refractivity contribution in [1.82, 2.24) is 0 Å².